The largest absolute Gasteiger partial charge is 0.364 e. The van der Waals surface area contributed by atoms with Gasteiger partial charge in [-0.05, 0) is 44.3 Å². The Morgan fingerprint density at radius 1 is 1.57 bits per heavy atom. The van der Waals surface area contributed by atoms with Crippen molar-refractivity contribution in [2.24, 2.45) is 0 Å². The number of anilines is 1. The molecule has 7 nitrogen and oxygen atoms in total. The van der Waals surface area contributed by atoms with Gasteiger partial charge in [-0.3, -0.25) is 10.1 Å². The van der Waals surface area contributed by atoms with Crippen LogP contribution in [0.5, 0.6) is 0 Å². The molecule has 1 N–H and O–H groups in total. The van der Waals surface area contributed by atoms with E-state index in [1.165, 1.54) is 19.3 Å². The number of nitrogens with zero attached hydrogens (tertiary/aromatic N) is 4. The Kier molecular flexibility index (Phi) is 5.69. The molecule has 8 heteroatoms. The third-order valence-electron chi connectivity index (χ3n) is 3.79. The third kappa shape index (κ3) is 4.50. The summed E-state index contributed by atoms with van der Waals surface area (Å²) in [5.74, 6) is 0.187. The van der Waals surface area contributed by atoms with Crippen molar-refractivity contribution in [3.8, 4) is 0 Å². The lowest BCUT2D eigenvalue weighted by molar-refractivity contribution is -0.384. The number of likely N-dealkylation sites (tertiary alicyclic amines) is 1. The summed E-state index contributed by atoms with van der Waals surface area (Å²) < 4.78 is 0. The maximum Gasteiger partial charge on any atom is 0.329 e. The topological polar surface area (TPSA) is 84.2 Å². The highest BCUT2D eigenvalue weighted by Gasteiger charge is 2.18. The molecule has 1 aliphatic heterocycles. The second-order valence-electron chi connectivity index (χ2n) is 5.29. The molecule has 0 spiro atoms. The van der Waals surface area contributed by atoms with Gasteiger partial charge in [0.15, 0.2) is 0 Å². The Labute approximate surface area is 128 Å². The lowest BCUT2D eigenvalue weighted by Gasteiger charge is -2.33. The fourth-order valence-electron chi connectivity index (χ4n) is 2.60. The van der Waals surface area contributed by atoms with Crippen LogP contribution in [0.4, 0.5) is 11.5 Å². The van der Waals surface area contributed by atoms with Crippen LogP contribution in [0, 0.1) is 10.1 Å². The maximum atomic E-state index is 10.9. The van der Waals surface area contributed by atoms with Crippen LogP contribution in [-0.2, 0) is 0 Å². The van der Waals surface area contributed by atoms with Crippen molar-refractivity contribution in [2.45, 2.75) is 38.6 Å². The Morgan fingerprint density at radius 3 is 3.10 bits per heavy atom. The zero-order valence-corrected chi connectivity index (χ0v) is 12.8. The first kappa shape index (κ1) is 15.9. The SMILES string of the molecule is CC1CCCCN1CCCNc1nc(Cl)ncc1[N+](=O)[O-]. The molecule has 1 fully saturated rings. The average Bonchev–Trinajstić information content (AvgIpc) is 2.45. The van der Waals surface area contributed by atoms with E-state index in [0.29, 0.717) is 12.6 Å². The molecular weight excluding hydrogens is 294 g/mol. The van der Waals surface area contributed by atoms with Crippen molar-refractivity contribution in [3.05, 3.63) is 21.6 Å². The quantitative estimate of drug-likeness (QED) is 0.376. The molecule has 0 aromatic carbocycles. The van der Waals surface area contributed by atoms with Crippen LogP contribution >= 0.6 is 11.6 Å². The van der Waals surface area contributed by atoms with Crippen molar-refractivity contribution >= 4 is 23.1 Å². The molecule has 0 amide bonds. The first-order valence-electron chi connectivity index (χ1n) is 7.23. The number of hydrogen-bond acceptors (Lipinski definition) is 6. The molecule has 1 aliphatic rings. The zero-order chi connectivity index (χ0) is 15.2. The molecule has 21 heavy (non-hydrogen) atoms. The van der Waals surface area contributed by atoms with Gasteiger partial charge in [0.25, 0.3) is 0 Å². The van der Waals surface area contributed by atoms with Crippen LogP contribution in [-0.4, -0.2) is 45.5 Å². The summed E-state index contributed by atoms with van der Waals surface area (Å²) in [6.07, 6.45) is 5.85. The molecule has 1 unspecified atom stereocenters. The summed E-state index contributed by atoms with van der Waals surface area (Å²) in [7, 11) is 0. The van der Waals surface area contributed by atoms with Crippen molar-refractivity contribution in [1.82, 2.24) is 14.9 Å². The lowest BCUT2D eigenvalue weighted by Crippen LogP contribution is -2.38. The summed E-state index contributed by atoms with van der Waals surface area (Å²) in [6.45, 7) is 5.00. The van der Waals surface area contributed by atoms with E-state index in [0.717, 1.165) is 25.7 Å². The van der Waals surface area contributed by atoms with E-state index in [-0.39, 0.29) is 16.8 Å². The van der Waals surface area contributed by atoms with E-state index >= 15 is 0 Å². The van der Waals surface area contributed by atoms with E-state index in [2.05, 4.69) is 27.1 Å². The van der Waals surface area contributed by atoms with Crippen molar-refractivity contribution in [3.63, 3.8) is 0 Å². The highest BCUT2D eigenvalue weighted by Crippen LogP contribution is 2.22. The first-order chi connectivity index (χ1) is 10.1. The Hall–Kier alpha value is -1.47. The van der Waals surface area contributed by atoms with Crippen molar-refractivity contribution in [2.75, 3.05) is 25.0 Å². The molecule has 0 saturated carbocycles. The lowest BCUT2D eigenvalue weighted by atomic mass is 10.0. The molecule has 0 bridgehead atoms. The van der Waals surface area contributed by atoms with Crippen molar-refractivity contribution < 1.29 is 4.92 Å². The van der Waals surface area contributed by atoms with Gasteiger partial charge >= 0.3 is 5.69 Å². The van der Waals surface area contributed by atoms with E-state index in [9.17, 15) is 10.1 Å². The first-order valence-corrected chi connectivity index (χ1v) is 7.60. The van der Waals surface area contributed by atoms with Gasteiger partial charge in [0.1, 0.15) is 6.20 Å². The van der Waals surface area contributed by atoms with Crippen LogP contribution in [0.3, 0.4) is 0 Å². The normalized spacial score (nSPS) is 19.4. The highest BCUT2D eigenvalue weighted by molar-refractivity contribution is 6.28. The van der Waals surface area contributed by atoms with E-state index < -0.39 is 4.92 Å². The fraction of sp³-hybridized carbons (Fsp3) is 0.692. The van der Waals surface area contributed by atoms with Gasteiger partial charge in [0.05, 0.1) is 4.92 Å². The van der Waals surface area contributed by atoms with Crippen LogP contribution in [0.1, 0.15) is 32.6 Å². The molecule has 1 saturated heterocycles. The van der Waals surface area contributed by atoms with Gasteiger partial charge in [-0.2, -0.15) is 4.98 Å². The standard InChI is InChI=1S/C13H20ClN5O2/c1-10-5-2-3-7-18(10)8-4-6-15-12-11(19(20)21)9-16-13(14)17-12/h9-10H,2-8H2,1H3,(H,15,16,17). The number of piperidine rings is 1. The minimum absolute atomic E-state index is 0.00718. The number of rotatable bonds is 6. The van der Waals surface area contributed by atoms with E-state index in [1.807, 2.05) is 0 Å². The molecule has 1 aromatic rings. The van der Waals surface area contributed by atoms with Crippen molar-refractivity contribution in [1.29, 1.82) is 0 Å². The van der Waals surface area contributed by atoms with Crippen LogP contribution < -0.4 is 5.32 Å². The number of nitrogens with one attached hydrogen (secondary N) is 1. The minimum Gasteiger partial charge on any atom is -0.364 e. The zero-order valence-electron chi connectivity index (χ0n) is 12.1. The Bertz CT molecular complexity index is 499. The van der Waals surface area contributed by atoms with Gasteiger partial charge in [0.2, 0.25) is 11.1 Å². The molecule has 116 valence electrons. The van der Waals surface area contributed by atoms with E-state index in [4.69, 9.17) is 11.6 Å². The molecule has 2 rings (SSSR count). The van der Waals surface area contributed by atoms with Gasteiger partial charge in [0, 0.05) is 19.1 Å². The molecule has 0 aliphatic carbocycles. The van der Waals surface area contributed by atoms with Gasteiger partial charge in [-0.1, -0.05) is 6.42 Å². The summed E-state index contributed by atoms with van der Waals surface area (Å²) in [4.78, 5) is 20.4. The predicted octanol–water partition coefficient (Wildman–Crippen LogP) is 2.71. The van der Waals surface area contributed by atoms with Gasteiger partial charge in [-0.15, -0.1) is 0 Å². The Morgan fingerprint density at radius 2 is 2.38 bits per heavy atom. The maximum absolute atomic E-state index is 10.9. The number of hydrogen-bond donors (Lipinski definition) is 1. The number of nitro groups is 1. The minimum atomic E-state index is -0.509. The second-order valence-corrected chi connectivity index (χ2v) is 5.63. The van der Waals surface area contributed by atoms with E-state index in [1.54, 1.807) is 0 Å². The summed E-state index contributed by atoms with van der Waals surface area (Å²) >= 11 is 5.68. The molecule has 1 aromatic heterocycles. The summed E-state index contributed by atoms with van der Waals surface area (Å²) in [5.41, 5.74) is -0.147. The molecule has 0 radical (unpaired) electrons. The molecule has 2 heterocycles. The number of aromatic nitrogens is 2. The van der Waals surface area contributed by atoms with Gasteiger partial charge < -0.3 is 10.2 Å². The highest BCUT2D eigenvalue weighted by atomic mass is 35.5. The molecule has 1 atom stereocenters. The number of halogens is 1. The van der Waals surface area contributed by atoms with Crippen LogP contribution in [0.25, 0.3) is 0 Å². The summed E-state index contributed by atoms with van der Waals surface area (Å²) in [6, 6.07) is 0.626. The predicted molar refractivity (Wildman–Crippen MR) is 81.7 cm³/mol. The fourth-order valence-corrected chi connectivity index (χ4v) is 2.73. The second kappa shape index (κ2) is 7.51. The van der Waals surface area contributed by atoms with Crippen LogP contribution in [0.15, 0.2) is 6.20 Å². The van der Waals surface area contributed by atoms with Gasteiger partial charge in [-0.25, -0.2) is 4.98 Å². The monoisotopic (exact) mass is 313 g/mol. The Balaban J connectivity index is 1.83. The smallest absolute Gasteiger partial charge is 0.329 e. The van der Waals surface area contributed by atoms with Crippen LogP contribution in [0.2, 0.25) is 5.28 Å². The summed E-state index contributed by atoms with van der Waals surface area (Å²) in [5, 5.41) is 13.9. The molecular formula is C13H20ClN5O2. The third-order valence-corrected chi connectivity index (χ3v) is 3.97. The average molecular weight is 314 g/mol.